The molecule has 0 bridgehead atoms. The minimum Gasteiger partial charge on any atom is -0.497 e. The fraction of sp³-hybridized carbons (Fsp3) is 0.318. The van der Waals surface area contributed by atoms with E-state index in [0.29, 0.717) is 13.2 Å². The first-order valence-corrected chi connectivity index (χ1v) is 18.6. The maximum Gasteiger partial charge on any atom is 0.189 e. The van der Waals surface area contributed by atoms with Crippen LogP contribution in [0.3, 0.4) is 0 Å². The maximum absolute atomic E-state index is 6.72. The van der Waals surface area contributed by atoms with Gasteiger partial charge < -0.3 is 28.4 Å². The lowest BCUT2D eigenvalue weighted by molar-refractivity contribution is 0.00470. The largest absolute Gasteiger partial charge is 0.497 e. The summed E-state index contributed by atoms with van der Waals surface area (Å²) in [6, 6.07) is 39.2. The fourth-order valence-electron chi connectivity index (χ4n) is 5.81. The van der Waals surface area contributed by atoms with Gasteiger partial charge in [-0.3, -0.25) is 0 Å². The Labute approximate surface area is 305 Å². The lowest BCUT2D eigenvalue weighted by Gasteiger charge is -2.32. The highest BCUT2D eigenvalue weighted by molar-refractivity contribution is 7.80. The van der Waals surface area contributed by atoms with Gasteiger partial charge in [-0.05, 0) is 59.4 Å². The summed E-state index contributed by atoms with van der Waals surface area (Å²) in [6.07, 6.45) is 0. The highest BCUT2D eigenvalue weighted by Gasteiger charge is 2.33. The van der Waals surface area contributed by atoms with E-state index in [4.69, 9.17) is 28.4 Å². The van der Waals surface area contributed by atoms with Crippen LogP contribution in [0.15, 0.2) is 115 Å². The third-order valence-electron chi connectivity index (χ3n) is 8.47. The van der Waals surface area contributed by atoms with Crippen LogP contribution in [0.2, 0.25) is 0 Å². The van der Waals surface area contributed by atoms with Crippen molar-refractivity contribution in [2.75, 3.05) is 27.8 Å². The van der Waals surface area contributed by atoms with E-state index in [-0.39, 0.29) is 24.4 Å². The zero-order chi connectivity index (χ0) is 36.4. The van der Waals surface area contributed by atoms with Crippen molar-refractivity contribution < 1.29 is 28.4 Å². The van der Waals surface area contributed by atoms with E-state index < -0.39 is 7.92 Å². The predicted molar refractivity (Wildman–Crippen MR) is 209 cm³/mol. The Kier molecular flexibility index (Phi) is 12.8. The summed E-state index contributed by atoms with van der Waals surface area (Å²) < 4.78 is 37.6. The number of ether oxygens (including phenoxy) is 6. The Morgan fingerprint density at radius 1 is 0.490 bits per heavy atom. The lowest BCUT2D eigenvalue weighted by atomic mass is 9.86. The Bertz CT molecular complexity index is 1710. The molecule has 0 unspecified atom stereocenters. The van der Waals surface area contributed by atoms with Gasteiger partial charge in [-0.2, -0.15) is 0 Å². The third kappa shape index (κ3) is 9.92. The van der Waals surface area contributed by atoms with Gasteiger partial charge in [0.15, 0.2) is 13.6 Å². The van der Waals surface area contributed by atoms with Gasteiger partial charge in [-0.15, -0.1) is 0 Å². The topological polar surface area (TPSA) is 55.4 Å². The van der Waals surface area contributed by atoms with Crippen molar-refractivity contribution in [3.8, 4) is 23.0 Å². The summed E-state index contributed by atoms with van der Waals surface area (Å²) in [5.41, 5.74) is 3.67. The van der Waals surface area contributed by atoms with Crippen molar-refractivity contribution in [1.82, 2.24) is 0 Å². The molecule has 0 N–H and O–H groups in total. The molecule has 5 rings (SSSR count). The van der Waals surface area contributed by atoms with Crippen LogP contribution in [0.4, 0.5) is 0 Å². The van der Waals surface area contributed by atoms with Crippen molar-refractivity contribution in [2.24, 2.45) is 0 Å². The molecule has 0 spiro atoms. The molecule has 0 saturated heterocycles. The van der Waals surface area contributed by atoms with Crippen molar-refractivity contribution in [3.63, 3.8) is 0 Å². The molecule has 0 atom stereocenters. The molecule has 0 aliphatic carbocycles. The normalized spacial score (nSPS) is 11.8. The zero-order valence-electron chi connectivity index (χ0n) is 31.2. The molecular formula is C44H51O6P. The van der Waals surface area contributed by atoms with Crippen molar-refractivity contribution >= 4 is 23.8 Å². The Morgan fingerprint density at radius 3 is 1.22 bits per heavy atom. The van der Waals surface area contributed by atoms with Crippen LogP contribution in [0.1, 0.15) is 63.8 Å². The van der Waals surface area contributed by atoms with Gasteiger partial charge in [0.05, 0.1) is 27.4 Å². The van der Waals surface area contributed by atoms with Crippen LogP contribution in [-0.2, 0) is 33.5 Å². The number of rotatable bonds is 15. The summed E-state index contributed by atoms with van der Waals surface area (Å²) in [4.78, 5) is 0. The van der Waals surface area contributed by atoms with E-state index in [1.165, 1.54) is 0 Å². The lowest BCUT2D eigenvalue weighted by Crippen LogP contribution is -2.29. The molecule has 268 valence electrons. The van der Waals surface area contributed by atoms with E-state index in [1.807, 2.05) is 42.5 Å². The van der Waals surface area contributed by atoms with Gasteiger partial charge in [0.2, 0.25) is 0 Å². The zero-order valence-corrected chi connectivity index (χ0v) is 32.1. The SMILES string of the molecule is COc1cc(P(c2ccccc2)c2cc(OC)cc(C(C)(C)C)c2OCOCc2ccccc2)c(OCOCc2ccccc2)c(C(C)(C)C)c1. The summed E-state index contributed by atoms with van der Waals surface area (Å²) >= 11 is 0. The molecule has 0 amide bonds. The summed E-state index contributed by atoms with van der Waals surface area (Å²) in [6.45, 7) is 14.2. The average Bonchev–Trinajstić information content (AvgIpc) is 3.12. The first kappa shape index (κ1) is 37.9. The second-order valence-corrected chi connectivity index (χ2v) is 16.6. The molecule has 5 aromatic rings. The number of hydrogen-bond donors (Lipinski definition) is 0. The molecule has 5 aromatic carbocycles. The number of methoxy groups -OCH3 is 2. The van der Waals surface area contributed by atoms with E-state index >= 15 is 0 Å². The van der Waals surface area contributed by atoms with E-state index in [2.05, 4.69) is 114 Å². The quantitative estimate of drug-likeness (QED) is 0.0615. The van der Waals surface area contributed by atoms with Gasteiger partial charge >= 0.3 is 0 Å². The maximum atomic E-state index is 6.72. The molecule has 6 nitrogen and oxygen atoms in total. The molecule has 7 heteroatoms. The van der Waals surface area contributed by atoms with Crippen LogP contribution >= 0.6 is 7.92 Å². The standard InChI is InChI=1S/C44H51O6P/c1-43(2,3)37-24-34(45-7)26-39(41(37)49-30-47-28-32-18-12-9-13-19-32)51(36-22-16-11-17-23-36)40-27-35(46-8)25-38(44(4,5)6)42(40)50-31-48-29-33-20-14-10-15-21-33/h9-27H,28-31H2,1-8H3. The Hall–Kier alpha value is -4.35. The van der Waals surface area contributed by atoms with Crippen LogP contribution in [0.25, 0.3) is 0 Å². The van der Waals surface area contributed by atoms with Crippen LogP contribution in [0.5, 0.6) is 23.0 Å². The second-order valence-electron chi connectivity index (χ2n) is 14.4. The van der Waals surface area contributed by atoms with Gasteiger partial charge in [0.1, 0.15) is 23.0 Å². The van der Waals surface area contributed by atoms with Gasteiger partial charge in [0.25, 0.3) is 0 Å². The van der Waals surface area contributed by atoms with E-state index in [0.717, 1.165) is 61.2 Å². The Balaban J connectivity index is 1.67. The minimum atomic E-state index is -1.31. The predicted octanol–water partition coefficient (Wildman–Crippen LogP) is 9.16. The number of hydrogen-bond acceptors (Lipinski definition) is 6. The Morgan fingerprint density at radius 2 is 0.863 bits per heavy atom. The molecule has 0 aliphatic heterocycles. The van der Waals surface area contributed by atoms with Crippen LogP contribution in [0, 0.1) is 0 Å². The first-order chi connectivity index (χ1) is 24.5. The van der Waals surface area contributed by atoms with Crippen molar-refractivity contribution in [1.29, 1.82) is 0 Å². The third-order valence-corrected chi connectivity index (χ3v) is 10.9. The van der Waals surface area contributed by atoms with Crippen molar-refractivity contribution in [2.45, 2.75) is 65.6 Å². The molecule has 0 aromatic heterocycles. The molecule has 0 heterocycles. The van der Waals surface area contributed by atoms with E-state index in [1.54, 1.807) is 14.2 Å². The number of benzene rings is 5. The van der Waals surface area contributed by atoms with Gasteiger partial charge in [-0.1, -0.05) is 133 Å². The molecule has 0 radical (unpaired) electrons. The average molecular weight is 707 g/mol. The smallest absolute Gasteiger partial charge is 0.189 e. The highest BCUT2D eigenvalue weighted by atomic mass is 31.1. The summed E-state index contributed by atoms with van der Waals surface area (Å²) in [7, 11) is 2.11. The molecule has 51 heavy (non-hydrogen) atoms. The fourth-order valence-corrected chi connectivity index (χ4v) is 8.39. The molecular weight excluding hydrogens is 655 g/mol. The van der Waals surface area contributed by atoms with Gasteiger partial charge in [-0.25, -0.2) is 0 Å². The second kappa shape index (κ2) is 17.2. The van der Waals surface area contributed by atoms with E-state index in [9.17, 15) is 0 Å². The first-order valence-electron chi connectivity index (χ1n) is 17.3. The highest BCUT2D eigenvalue weighted by Crippen LogP contribution is 2.47. The minimum absolute atomic E-state index is 0.0807. The summed E-state index contributed by atoms with van der Waals surface area (Å²) in [5, 5.41) is 3.11. The van der Waals surface area contributed by atoms with Crippen LogP contribution in [-0.4, -0.2) is 27.8 Å². The van der Waals surface area contributed by atoms with Gasteiger partial charge in [0, 0.05) is 21.7 Å². The van der Waals surface area contributed by atoms with Crippen LogP contribution < -0.4 is 34.9 Å². The molecule has 0 saturated carbocycles. The summed E-state index contributed by atoms with van der Waals surface area (Å²) in [5.74, 6) is 3.06. The van der Waals surface area contributed by atoms with Crippen molar-refractivity contribution in [3.05, 3.63) is 138 Å². The molecule has 0 fully saturated rings. The monoisotopic (exact) mass is 706 g/mol. The molecule has 0 aliphatic rings.